The molecule has 0 bridgehead atoms. The third kappa shape index (κ3) is 4.32. The Labute approximate surface area is 181 Å². The van der Waals surface area contributed by atoms with Gasteiger partial charge in [0.1, 0.15) is 10.6 Å². The number of nitrogens with one attached hydrogen (secondary N) is 1. The Hall–Kier alpha value is -2.50. The molecule has 0 saturated carbocycles. The number of nitro benzene ring substituents is 1. The van der Waals surface area contributed by atoms with Crippen LogP contribution in [0.5, 0.6) is 5.75 Å². The Bertz CT molecular complexity index is 1200. The molecule has 3 aromatic rings. The number of nitrogens with zero attached hydrogens (tertiary/aromatic N) is 1. The molecule has 3 aromatic carbocycles. The minimum atomic E-state index is -4.56. The fraction of sp³-hybridized carbons (Fsp3) is 0. The normalized spacial score (nSPS) is 10.9. The van der Waals surface area contributed by atoms with Crippen molar-refractivity contribution in [2.45, 2.75) is 4.90 Å². The maximum atomic E-state index is 12.4. The van der Waals surface area contributed by atoms with Gasteiger partial charge in [-0.05, 0) is 24.3 Å². The first-order valence-electron chi connectivity index (χ1n) is 7.46. The van der Waals surface area contributed by atoms with Crippen molar-refractivity contribution in [2.24, 2.45) is 0 Å². The maximum absolute atomic E-state index is 12.4. The molecule has 0 unspecified atom stereocenters. The molecule has 0 heterocycles. The van der Waals surface area contributed by atoms with Gasteiger partial charge in [-0.1, -0.05) is 18.2 Å². The summed E-state index contributed by atoms with van der Waals surface area (Å²) in [5, 5.41) is 23.5. The summed E-state index contributed by atoms with van der Waals surface area (Å²) in [5.74, 6) is -1.00. The van der Waals surface area contributed by atoms with Gasteiger partial charge in [0, 0.05) is 28.5 Å². The van der Waals surface area contributed by atoms with Gasteiger partial charge in [0.15, 0.2) is 0 Å². The molecule has 28 heavy (non-hydrogen) atoms. The van der Waals surface area contributed by atoms with Crippen LogP contribution in [0.3, 0.4) is 0 Å². The number of phenols is 1. The van der Waals surface area contributed by atoms with Crippen LogP contribution in [0.25, 0.3) is 10.8 Å². The summed E-state index contributed by atoms with van der Waals surface area (Å²) in [6.45, 7) is 0. The van der Waals surface area contributed by atoms with Crippen LogP contribution in [0, 0.1) is 10.1 Å². The van der Waals surface area contributed by atoms with Crippen molar-refractivity contribution in [3.8, 4) is 5.75 Å². The van der Waals surface area contributed by atoms with Crippen molar-refractivity contribution < 1.29 is 57.4 Å². The quantitative estimate of drug-likeness (QED) is 0.236. The molecule has 1 amide bonds. The summed E-state index contributed by atoms with van der Waals surface area (Å²) in [5.41, 5.74) is -0.185. The van der Waals surface area contributed by atoms with Crippen LogP contribution < -0.4 is 34.9 Å². The number of fused-ring (bicyclic) bond motifs is 1. The molecule has 0 saturated heterocycles. The number of phenolic OH excluding ortho intramolecular Hbond substituents is 1. The molecule has 9 nitrogen and oxygen atoms in total. The summed E-state index contributed by atoms with van der Waals surface area (Å²) in [6, 6.07) is 11.4. The molecule has 0 atom stereocenters. The average Bonchev–Trinajstić information content (AvgIpc) is 2.61. The molecule has 0 radical (unpaired) electrons. The van der Waals surface area contributed by atoms with Gasteiger partial charge in [-0.25, -0.2) is 0 Å². The van der Waals surface area contributed by atoms with E-state index in [1.807, 2.05) is 0 Å². The Morgan fingerprint density at radius 2 is 1.75 bits per heavy atom. The topological polar surface area (TPSA) is 147 Å². The van der Waals surface area contributed by atoms with Gasteiger partial charge in [0.2, 0.25) is 0 Å². The number of rotatable bonds is 4. The summed E-state index contributed by atoms with van der Waals surface area (Å²) in [7, 11) is -4.56. The number of carbonyl (C=O) groups excluding carboxylic acids is 1. The maximum Gasteiger partial charge on any atom is 1.00 e. The SMILES string of the molecule is O=C(Nc1ccc(S(=O)(=O)O)c2cccc(O)c12)c1cccc([N+](=O)[O-])c1.[Na+]. The predicted molar refractivity (Wildman–Crippen MR) is 96.5 cm³/mol. The number of hydrogen-bond acceptors (Lipinski definition) is 6. The van der Waals surface area contributed by atoms with E-state index in [1.54, 1.807) is 0 Å². The molecule has 0 aliphatic heterocycles. The number of amides is 1. The zero-order valence-corrected chi connectivity index (χ0v) is 17.3. The van der Waals surface area contributed by atoms with Gasteiger partial charge in [-0.2, -0.15) is 8.42 Å². The van der Waals surface area contributed by atoms with Crippen molar-refractivity contribution in [2.75, 3.05) is 5.32 Å². The predicted octanol–water partition coefficient (Wildman–Crippen LogP) is -0.0434. The molecule has 0 fully saturated rings. The van der Waals surface area contributed by atoms with E-state index >= 15 is 0 Å². The first kappa shape index (κ1) is 21.8. The van der Waals surface area contributed by atoms with E-state index < -0.39 is 25.8 Å². The van der Waals surface area contributed by atoms with Gasteiger partial charge < -0.3 is 10.4 Å². The van der Waals surface area contributed by atoms with Gasteiger partial charge in [-0.15, -0.1) is 0 Å². The summed E-state index contributed by atoms with van der Waals surface area (Å²) in [6.07, 6.45) is 0. The number of aromatic hydroxyl groups is 1. The van der Waals surface area contributed by atoms with E-state index in [-0.39, 0.29) is 63.0 Å². The number of benzene rings is 3. The first-order chi connectivity index (χ1) is 12.7. The standard InChI is InChI=1S/C17H12N2O7S.Na/c20-14-6-2-5-12-15(27(24,25)26)8-7-13(16(12)14)18-17(21)10-3-1-4-11(9-10)19(22)23;/h1-9,20H,(H,18,21)(H,24,25,26);/q;+1. The first-order valence-corrected chi connectivity index (χ1v) is 8.90. The van der Waals surface area contributed by atoms with E-state index in [0.29, 0.717) is 0 Å². The van der Waals surface area contributed by atoms with Crippen molar-refractivity contribution in [1.29, 1.82) is 0 Å². The van der Waals surface area contributed by atoms with Crippen LogP contribution >= 0.6 is 0 Å². The molecule has 0 aliphatic rings. The van der Waals surface area contributed by atoms with E-state index in [2.05, 4.69) is 5.32 Å². The van der Waals surface area contributed by atoms with Crippen molar-refractivity contribution in [3.63, 3.8) is 0 Å². The van der Waals surface area contributed by atoms with Gasteiger partial charge in [-0.3, -0.25) is 19.5 Å². The minimum Gasteiger partial charge on any atom is -0.507 e. The van der Waals surface area contributed by atoms with E-state index in [0.717, 1.165) is 12.1 Å². The molecule has 0 aromatic heterocycles. The van der Waals surface area contributed by atoms with Crippen LogP contribution in [-0.2, 0) is 10.1 Å². The fourth-order valence-corrected chi connectivity index (χ4v) is 3.33. The smallest absolute Gasteiger partial charge is 0.507 e. The minimum absolute atomic E-state index is 0. The van der Waals surface area contributed by atoms with E-state index in [1.165, 1.54) is 42.5 Å². The summed E-state index contributed by atoms with van der Waals surface area (Å²) in [4.78, 5) is 22.2. The number of nitro groups is 1. The summed E-state index contributed by atoms with van der Waals surface area (Å²) >= 11 is 0. The Morgan fingerprint density at radius 1 is 1.07 bits per heavy atom. The number of non-ortho nitro benzene ring substituents is 1. The molecule has 11 heteroatoms. The molecule has 138 valence electrons. The van der Waals surface area contributed by atoms with Crippen LogP contribution in [0.2, 0.25) is 0 Å². The third-order valence-electron chi connectivity index (χ3n) is 3.82. The Morgan fingerprint density at radius 3 is 2.39 bits per heavy atom. The molecular formula is C17H12N2NaO7S+. The molecule has 3 rings (SSSR count). The molecule has 3 N–H and O–H groups in total. The van der Waals surface area contributed by atoms with E-state index in [9.17, 15) is 33.0 Å². The second-order valence-corrected chi connectivity index (χ2v) is 6.94. The Balaban J connectivity index is 0.00000280. The fourth-order valence-electron chi connectivity index (χ4n) is 2.64. The van der Waals surface area contributed by atoms with Crippen molar-refractivity contribution in [3.05, 3.63) is 70.3 Å². The van der Waals surface area contributed by atoms with Crippen LogP contribution in [0.1, 0.15) is 10.4 Å². The van der Waals surface area contributed by atoms with Crippen molar-refractivity contribution >= 4 is 38.2 Å². The monoisotopic (exact) mass is 411 g/mol. The third-order valence-corrected chi connectivity index (χ3v) is 4.74. The number of carbonyl (C=O) groups is 1. The Kier molecular flexibility index (Phi) is 6.42. The van der Waals surface area contributed by atoms with Crippen LogP contribution in [-0.4, -0.2) is 28.9 Å². The second kappa shape index (κ2) is 8.25. The van der Waals surface area contributed by atoms with Gasteiger partial charge in [0.05, 0.1) is 10.6 Å². The van der Waals surface area contributed by atoms with Crippen LogP contribution in [0.4, 0.5) is 11.4 Å². The zero-order valence-electron chi connectivity index (χ0n) is 14.5. The van der Waals surface area contributed by atoms with Gasteiger partial charge in [0.25, 0.3) is 21.7 Å². The molecule has 0 aliphatic carbocycles. The number of hydrogen-bond donors (Lipinski definition) is 3. The van der Waals surface area contributed by atoms with Crippen molar-refractivity contribution in [1.82, 2.24) is 0 Å². The number of anilines is 1. The van der Waals surface area contributed by atoms with Gasteiger partial charge >= 0.3 is 29.6 Å². The average molecular weight is 411 g/mol. The second-order valence-electron chi connectivity index (χ2n) is 5.55. The largest absolute Gasteiger partial charge is 1.00 e. The van der Waals surface area contributed by atoms with E-state index in [4.69, 9.17) is 0 Å². The molecular weight excluding hydrogens is 399 g/mol. The summed E-state index contributed by atoms with van der Waals surface area (Å²) < 4.78 is 32.4. The molecule has 0 spiro atoms. The zero-order chi connectivity index (χ0) is 19.8. The van der Waals surface area contributed by atoms with Crippen LogP contribution in [0.15, 0.2) is 59.5 Å².